The van der Waals surface area contributed by atoms with Crippen LogP contribution in [0.15, 0.2) is 24.8 Å². The molecule has 0 radical (unpaired) electrons. The summed E-state index contributed by atoms with van der Waals surface area (Å²) in [7, 11) is 0. The Morgan fingerprint density at radius 1 is 1.62 bits per heavy atom. The summed E-state index contributed by atoms with van der Waals surface area (Å²) in [5.74, 6) is 0. The number of hydrogen-bond acceptors (Lipinski definition) is 3. The van der Waals surface area contributed by atoms with Crippen molar-refractivity contribution >= 4 is 61.3 Å². The molecule has 0 saturated carbocycles. The molecule has 0 bridgehead atoms. The molecule has 0 spiro atoms. The first-order valence-electron chi connectivity index (χ1n) is 4.10. The van der Waals surface area contributed by atoms with Gasteiger partial charge in [0.15, 0.2) is 0 Å². The molecule has 1 N–H and O–H groups in total. The van der Waals surface area contributed by atoms with Crippen molar-refractivity contribution in [2.75, 3.05) is 0 Å². The van der Waals surface area contributed by atoms with E-state index in [1.54, 1.807) is 11.8 Å². The van der Waals surface area contributed by atoms with Crippen molar-refractivity contribution in [3.8, 4) is 0 Å². The topological polar surface area (TPSA) is 20.2 Å². The van der Waals surface area contributed by atoms with Gasteiger partial charge in [0.05, 0.1) is 4.75 Å². The number of hydrogen-bond donors (Lipinski definition) is 1. The van der Waals surface area contributed by atoms with Crippen molar-refractivity contribution in [3.05, 3.63) is 24.8 Å². The summed E-state index contributed by atoms with van der Waals surface area (Å²) in [6.07, 6.45) is 6.99. The van der Waals surface area contributed by atoms with E-state index in [1.165, 1.54) is 0 Å². The Labute approximate surface area is 116 Å². The molecule has 0 amide bonds. The van der Waals surface area contributed by atoms with Crippen LogP contribution >= 0.6 is 23.5 Å². The Morgan fingerprint density at radius 3 is 3.08 bits per heavy atom. The number of aliphatic hydroxyl groups is 1. The van der Waals surface area contributed by atoms with Crippen molar-refractivity contribution in [2.24, 2.45) is 0 Å². The minimum absolute atomic E-state index is 0. The first kappa shape index (κ1) is 10.9. The monoisotopic (exact) mass is 240 g/mol. The van der Waals surface area contributed by atoms with Gasteiger partial charge in [-0.3, -0.25) is 0 Å². The average molecular weight is 240 g/mol. The van der Waals surface area contributed by atoms with Gasteiger partial charge in [-0.1, -0.05) is 12.2 Å². The van der Waals surface area contributed by atoms with Crippen LogP contribution < -0.4 is 0 Å². The molecule has 4 unspecified atom stereocenters. The zero-order chi connectivity index (χ0) is 8.40. The number of rotatable bonds is 2. The first-order chi connectivity index (χ1) is 5.72. The van der Waals surface area contributed by atoms with E-state index in [9.17, 15) is 5.11 Å². The van der Waals surface area contributed by atoms with Crippen molar-refractivity contribution < 1.29 is 5.11 Å². The third-order valence-corrected chi connectivity index (χ3v) is 6.12. The number of allylic oxidation sites excluding steroid dienone is 1. The Morgan fingerprint density at radius 2 is 2.38 bits per heavy atom. The second-order valence-electron chi connectivity index (χ2n) is 3.56. The average Bonchev–Trinajstić information content (AvgIpc) is 2.82. The quantitative estimate of drug-likeness (QED) is 0.439. The van der Waals surface area contributed by atoms with Crippen LogP contribution in [0.4, 0.5) is 0 Å². The van der Waals surface area contributed by atoms with Crippen molar-refractivity contribution in [3.63, 3.8) is 0 Å². The summed E-state index contributed by atoms with van der Waals surface area (Å²) in [5.41, 5.74) is 0. The summed E-state index contributed by atoms with van der Waals surface area (Å²) < 4.78 is 0.0961. The van der Waals surface area contributed by atoms with E-state index in [1.807, 2.05) is 23.9 Å². The molecule has 13 heavy (non-hydrogen) atoms. The molecule has 3 aliphatic rings. The Balaban J connectivity index is 0.000000653. The summed E-state index contributed by atoms with van der Waals surface area (Å²) in [6, 6.07) is 0. The van der Waals surface area contributed by atoms with Gasteiger partial charge in [-0.2, -0.15) is 0 Å². The molecule has 4 atom stereocenters. The normalized spacial score (nSPS) is 54.2. The molecular formula is C9H12CaOS2. The van der Waals surface area contributed by atoms with Gasteiger partial charge in [-0.15, -0.1) is 30.1 Å². The molecule has 3 rings (SSSR count). The summed E-state index contributed by atoms with van der Waals surface area (Å²) in [5, 5.41) is 11.4. The molecular weight excluding hydrogens is 228 g/mol. The summed E-state index contributed by atoms with van der Waals surface area (Å²) in [4.78, 5) is -0.550. The molecule has 4 heteroatoms. The van der Waals surface area contributed by atoms with Crippen LogP contribution in [0.25, 0.3) is 0 Å². The van der Waals surface area contributed by atoms with Crippen molar-refractivity contribution in [2.45, 2.75) is 26.6 Å². The molecule has 1 aliphatic carbocycles. The van der Waals surface area contributed by atoms with Crippen LogP contribution in [0.3, 0.4) is 0 Å². The predicted molar refractivity (Wildman–Crippen MR) is 62.9 cm³/mol. The zero-order valence-electron chi connectivity index (χ0n) is 6.56. The van der Waals surface area contributed by atoms with Crippen LogP contribution in [0, 0.1) is 0 Å². The van der Waals surface area contributed by atoms with Gasteiger partial charge in [0.2, 0.25) is 0 Å². The fraction of sp³-hybridized carbons (Fsp3) is 0.556. The van der Waals surface area contributed by atoms with Crippen LogP contribution in [-0.2, 0) is 0 Å². The van der Waals surface area contributed by atoms with Gasteiger partial charge in [-0.25, -0.2) is 0 Å². The third kappa shape index (κ3) is 1.31. The SMILES string of the molecule is C=CCC12SC1(O)C=CC1SC12.[CaH2]. The van der Waals surface area contributed by atoms with E-state index < -0.39 is 4.93 Å². The van der Waals surface area contributed by atoms with Crippen LogP contribution in [0.2, 0.25) is 0 Å². The predicted octanol–water partition coefficient (Wildman–Crippen LogP) is 0.874. The molecule has 2 saturated heterocycles. The minimum atomic E-state index is -0.550. The summed E-state index contributed by atoms with van der Waals surface area (Å²) in [6.45, 7) is 3.75. The van der Waals surface area contributed by atoms with E-state index in [2.05, 4.69) is 12.7 Å². The Kier molecular flexibility index (Phi) is 2.68. The maximum absolute atomic E-state index is 10.0. The molecule has 0 aromatic heterocycles. The van der Waals surface area contributed by atoms with E-state index >= 15 is 0 Å². The van der Waals surface area contributed by atoms with Gasteiger partial charge < -0.3 is 5.11 Å². The third-order valence-electron chi connectivity index (χ3n) is 2.85. The van der Waals surface area contributed by atoms with Gasteiger partial charge >= 0.3 is 37.7 Å². The number of thioether (sulfide) groups is 2. The van der Waals surface area contributed by atoms with E-state index in [-0.39, 0.29) is 42.5 Å². The second kappa shape index (κ2) is 3.19. The zero-order valence-corrected chi connectivity index (χ0v) is 8.20. The molecule has 2 heterocycles. The van der Waals surface area contributed by atoms with Crippen LogP contribution in [0.1, 0.15) is 6.42 Å². The Bertz CT molecular complexity index is 293. The number of fused-ring (bicyclic) bond motifs is 3. The van der Waals surface area contributed by atoms with E-state index in [0.717, 1.165) is 6.42 Å². The summed E-state index contributed by atoms with van der Waals surface area (Å²) >= 11 is 3.67. The maximum atomic E-state index is 10.0. The van der Waals surface area contributed by atoms with Gasteiger partial charge in [0.25, 0.3) is 0 Å². The molecule has 1 nitrogen and oxygen atoms in total. The molecule has 68 valence electrons. The second-order valence-corrected chi connectivity index (χ2v) is 6.44. The van der Waals surface area contributed by atoms with Crippen molar-refractivity contribution in [1.82, 2.24) is 0 Å². The van der Waals surface area contributed by atoms with Crippen LogP contribution in [-0.4, -0.2) is 63.0 Å². The van der Waals surface area contributed by atoms with Gasteiger partial charge in [0, 0.05) is 10.5 Å². The van der Waals surface area contributed by atoms with Crippen molar-refractivity contribution in [1.29, 1.82) is 0 Å². The standard InChI is InChI=1S/C9H10OS2.Ca.2H/c1-2-4-8-7-6(11-7)3-5-9(8,10)12-8;;;/h2-3,5-7,10H,1,4H2;;;. The fourth-order valence-corrected chi connectivity index (χ4v) is 5.18. The molecule has 0 aromatic rings. The molecule has 0 aromatic carbocycles. The molecule has 2 aliphatic heterocycles. The van der Waals surface area contributed by atoms with E-state index in [0.29, 0.717) is 10.5 Å². The van der Waals surface area contributed by atoms with Crippen LogP contribution in [0.5, 0.6) is 0 Å². The van der Waals surface area contributed by atoms with Gasteiger partial charge in [-0.05, 0) is 12.5 Å². The Hall–Kier alpha value is 1.40. The van der Waals surface area contributed by atoms with Gasteiger partial charge in [0.1, 0.15) is 4.93 Å². The molecule has 2 fully saturated rings. The fourth-order valence-electron chi connectivity index (χ4n) is 2.08. The first-order valence-corrected chi connectivity index (χ1v) is 5.86. The van der Waals surface area contributed by atoms with E-state index in [4.69, 9.17) is 0 Å².